The summed E-state index contributed by atoms with van der Waals surface area (Å²) in [5.41, 5.74) is 2.44. The summed E-state index contributed by atoms with van der Waals surface area (Å²) >= 11 is 5.91. The van der Waals surface area contributed by atoms with Gasteiger partial charge in [0, 0.05) is 29.6 Å². The lowest BCUT2D eigenvalue weighted by Gasteiger charge is -2.23. The van der Waals surface area contributed by atoms with Gasteiger partial charge >= 0.3 is 0 Å². The Morgan fingerprint density at radius 1 is 1.00 bits per heavy atom. The van der Waals surface area contributed by atoms with E-state index in [0.29, 0.717) is 5.92 Å². The zero-order valence-electron chi connectivity index (χ0n) is 10.5. The first-order valence-corrected chi connectivity index (χ1v) is 6.80. The number of amidine groups is 1. The van der Waals surface area contributed by atoms with Gasteiger partial charge in [-0.25, -0.2) is 0 Å². The number of aliphatic imine (C=N–C) groups is 1. The molecule has 3 heteroatoms. The Kier molecular flexibility index (Phi) is 3.51. The molecule has 0 aliphatic carbocycles. The summed E-state index contributed by atoms with van der Waals surface area (Å²) in [6.07, 6.45) is 0. The largest absolute Gasteiger partial charge is 0.369 e. The summed E-state index contributed by atoms with van der Waals surface area (Å²) in [6, 6.07) is 18.3. The van der Waals surface area contributed by atoms with Crippen LogP contribution in [0.3, 0.4) is 0 Å². The van der Waals surface area contributed by atoms with E-state index in [1.54, 1.807) is 0 Å². The highest BCUT2D eigenvalue weighted by molar-refractivity contribution is 6.30. The molecule has 0 radical (unpaired) electrons. The number of rotatable bonds is 2. The van der Waals surface area contributed by atoms with Crippen molar-refractivity contribution in [2.45, 2.75) is 5.92 Å². The number of nitrogens with zero attached hydrogens (tertiary/aromatic N) is 1. The molecule has 19 heavy (non-hydrogen) atoms. The van der Waals surface area contributed by atoms with Gasteiger partial charge in [0.2, 0.25) is 0 Å². The van der Waals surface area contributed by atoms with E-state index in [2.05, 4.69) is 34.6 Å². The van der Waals surface area contributed by atoms with E-state index >= 15 is 0 Å². The fourth-order valence-corrected chi connectivity index (χ4v) is 2.42. The lowest BCUT2D eigenvalue weighted by atomic mass is 9.97. The van der Waals surface area contributed by atoms with Gasteiger partial charge in [-0.3, -0.25) is 4.99 Å². The van der Waals surface area contributed by atoms with Gasteiger partial charge in [-0.1, -0.05) is 54.1 Å². The Morgan fingerprint density at radius 2 is 1.74 bits per heavy atom. The molecule has 0 bridgehead atoms. The zero-order chi connectivity index (χ0) is 13.1. The van der Waals surface area contributed by atoms with Crippen LogP contribution < -0.4 is 5.32 Å². The molecule has 1 unspecified atom stereocenters. The molecule has 0 saturated carbocycles. The third-order valence-electron chi connectivity index (χ3n) is 3.37. The highest BCUT2D eigenvalue weighted by Gasteiger charge is 2.17. The minimum Gasteiger partial charge on any atom is -0.369 e. The van der Waals surface area contributed by atoms with E-state index in [1.165, 1.54) is 5.56 Å². The van der Waals surface area contributed by atoms with E-state index < -0.39 is 0 Å². The number of nitrogens with one attached hydrogen (secondary N) is 1. The Labute approximate surface area is 118 Å². The monoisotopic (exact) mass is 270 g/mol. The molecular formula is C16H15ClN2. The summed E-state index contributed by atoms with van der Waals surface area (Å²) < 4.78 is 0. The fraction of sp³-hybridized carbons (Fsp3) is 0.188. The molecule has 1 aliphatic heterocycles. The van der Waals surface area contributed by atoms with Gasteiger partial charge in [-0.2, -0.15) is 0 Å². The SMILES string of the molecule is Clc1ccc(C2CN=C(c3ccccc3)NC2)cc1. The second-order valence-corrected chi connectivity index (χ2v) is 5.12. The average molecular weight is 271 g/mol. The molecule has 0 fully saturated rings. The predicted molar refractivity (Wildman–Crippen MR) is 80.0 cm³/mol. The van der Waals surface area contributed by atoms with Gasteiger partial charge in [0.15, 0.2) is 0 Å². The Bertz CT molecular complexity index is 575. The summed E-state index contributed by atoms with van der Waals surface area (Å²) in [7, 11) is 0. The molecule has 2 aromatic carbocycles. The van der Waals surface area contributed by atoms with Gasteiger partial charge in [0.25, 0.3) is 0 Å². The third-order valence-corrected chi connectivity index (χ3v) is 3.63. The van der Waals surface area contributed by atoms with Gasteiger partial charge in [-0.05, 0) is 17.7 Å². The molecule has 1 N–H and O–H groups in total. The van der Waals surface area contributed by atoms with Crippen molar-refractivity contribution in [1.82, 2.24) is 5.32 Å². The molecule has 1 atom stereocenters. The van der Waals surface area contributed by atoms with Crippen LogP contribution >= 0.6 is 11.6 Å². The Morgan fingerprint density at radius 3 is 2.37 bits per heavy atom. The number of halogens is 1. The Balaban J connectivity index is 1.75. The molecule has 1 heterocycles. The van der Waals surface area contributed by atoms with Crippen LogP contribution in [0.15, 0.2) is 59.6 Å². The first-order valence-electron chi connectivity index (χ1n) is 6.42. The summed E-state index contributed by atoms with van der Waals surface area (Å²) in [5.74, 6) is 1.41. The molecule has 0 spiro atoms. The number of hydrogen-bond acceptors (Lipinski definition) is 2. The van der Waals surface area contributed by atoms with Crippen molar-refractivity contribution in [3.05, 3.63) is 70.7 Å². The van der Waals surface area contributed by atoms with Crippen molar-refractivity contribution < 1.29 is 0 Å². The van der Waals surface area contributed by atoms with Crippen molar-refractivity contribution in [3.63, 3.8) is 0 Å². The van der Waals surface area contributed by atoms with Crippen molar-refractivity contribution in [3.8, 4) is 0 Å². The van der Waals surface area contributed by atoms with Crippen LogP contribution in [0.1, 0.15) is 17.0 Å². The number of benzene rings is 2. The van der Waals surface area contributed by atoms with Crippen molar-refractivity contribution in [1.29, 1.82) is 0 Å². The highest BCUT2D eigenvalue weighted by atomic mass is 35.5. The lowest BCUT2D eigenvalue weighted by molar-refractivity contribution is 0.639. The second kappa shape index (κ2) is 5.45. The van der Waals surface area contributed by atoms with E-state index in [1.807, 2.05) is 30.3 Å². The first-order chi connectivity index (χ1) is 9.33. The average Bonchev–Trinajstić information content (AvgIpc) is 2.49. The van der Waals surface area contributed by atoms with Gasteiger partial charge < -0.3 is 5.32 Å². The minimum atomic E-state index is 0.421. The van der Waals surface area contributed by atoms with E-state index in [4.69, 9.17) is 11.6 Å². The van der Waals surface area contributed by atoms with Gasteiger partial charge in [-0.15, -0.1) is 0 Å². The van der Waals surface area contributed by atoms with Crippen molar-refractivity contribution in [2.24, 2.45) is 4.99 Å². The molecule has 1 aliphatic rings. The Hall–Kier alpha value is -1.80. The van der Waals surface area contributed by atoms with Crippen LogP contribution in [-0.4, -0.2) is 18.9 Å². The van der Waals surface area contributed by atoms with E-state index in [-0.39, 0.29) is 0 Å². The van der Waals surface area contributed by atoms with Crippen LogP contribution in [0.25, 0.3) is 0 Å². The molecule has 2 aromatic rings. The third kappa shape index (κ3) is 2.79. The van der Waals surface area contributed by atoms with E-state index in [0.717, 1.165) is 29.5 Å². The van der Waals surface area contributed by atoms with Crippen LogP contribution in [0.4, 0.5) is 0 Å². The molecule has 0 amide bonds. The maximum Gasteiger partial charge on any atom is 0.128 e. The second-order valence-electron chi connectivity index (χ2n) is 4.68. The van der Waals surface area contributed by atoms with Crippen molar-refractivity contribution >= 4 is 17.4 Å². The molecule has 2 nitrogen and oxygen atoms in total. The van der Waals surface area contributed by atoms with Crippen LogP contribution in [0.5, 0.6) is 0 Å². The first kappa shape index (κ1) is 12.2. The topological polar surface area (TPSA) is 24.4 Å². The predicted octanol–water partition coefficient (Wildman–Crippen LogP) is 3.47. The summed E-state index contributed by atoms with van der Waals surface area (Å²) in [6.45, 7) is 1.73. The smallest absolute Gasteiger partial charge is 0.128 e. The van der Waals surface area contributed by atoms with Gasteiger partial charge in [0.1, 0.15) is 5.84 Å². The van der Waals surface area contributed by atoms with Gasteiger partial charge in [0.05, 0.1) is 0 Å². The molecule has 96 valence electrons. The summed E-state index contributed by atoms with van der Waals surface area (Å²) in [4.78, 5) is 4.65. The standard InChI is InChI=1S/C16H15ClN2/c17-15-8-6-12(7-9-15)14-10-18-16(19-11-14)13-4-2-1-3-5-13/h1-9,14H,10-11H2,(H,18,19). The molecule has 0 saturated heterocycles. The molecule has 0 aromatic heterocycles. The van der Waals surface area contributed by atoms with Crippen LogP contribution in [0, 0.1) is 0 Å². The quantitative estimate of drug-likeness (QED) is 0.888. The summed E-state index contributed by atoms with van der Waals surface area (Å²) in [5, 5.41) is 4.19. The highest BCUT2D eigenvalue weighted by Crippen LogP contribution is 2.20. The normalized spacial score (nSPS) is 18.6. The fourth-order valence-electron chi connectivity index (χ4n) is 2.29. The molecule has 3 rings (SSSR count). The lowest BCUT2D eigenvalue weighted by Crippen LogP contribution is -2.35. The maximum atomic E-state index is 5.91. The van der Waals surface area contributed by atoms with E-state index in [9.17, 15) is 0 Å². The zero-order valence-corrected chi connectivity index (χ0v) is 11.3. The van der Waals surface area contributed by atoms with Crippen LogP contribution in [-0.2, 0) is 0 Å². The number of hydrogen-bond donors (Lipinski definition) is 1. The minimum absolute atomic E-state index is 0.421. The maximum absolute atomic E-state index is 5.91. The van der Waals surface area contributed by atoms with Crippen molar-refractivity contribution in [2.75, 3.05) is 13.1 Å². The van der Waals surface area contributed by atoms with Crippen LogP contribution in [0.2, 0.25) is 5.02 Å². The molecular weight excluding hydrogens is 256 g/mol.